The van der Waals surface area contributed by atoms with Gasteiger partial charge in [-0.15, -0.1) is 0 Å². The van der Waals surface area contributed by atoms with E-state index in [1.165, 1.54) is 12.1 Å². The molecule has 0 aliphatic heterocycles. The van der Waals surface area contributed by atoms with Crippen molar-refractivity contribution in [3.8, 4) is 0 Å². The highest BCUT2D eigenvalue weighted by Gasteiger charge is 2.47. The Morgan fingerprint density at radius 1 is 1.19 bits per heavy atom. The molecule has 1 aliphatic carbocycles. The molecule has 198 valence electrons. The lowest BCUT2D eigenvalue weighted by molar-refractivity contribution is -0.184. The predicted octanol–water partition coefficient (Wildman–Crippen LogP) is 5.93. The number of fused-ring (bicyclic) bond motifs is 1. The van der Waals surface area contributed by atoms with Gasteiger partial charge < -0.3 is 15.2 Å². The molecule has 1 aliphatic rings. The molecule has 0 saturated heterocycles. The van der Waals surface area contributed by atoms with Crippen molar-refractivity contribution in [2.45, 2.75) is 63.6 Å². The number of carboxylic acids is 1. The second-order valence-corrected chi connectivity index (χ2v) is 10.0. The molecule has 2 N–H and O–H groups in total. The molecule has 0 spiro atoms. The number of hydrogen-bond acceptors (Lipinski definition) is 3. The smallest absolute Gasteiger partial charge is 0.411 e. The minimum absolute atomic E-state index is 0.00376. The zero-order chi connectivity index (χ0) is 26.3. The maximum atomic E-state index is 13.9. The Kier molecular flexibility index (Phi) is 9.53. The van der Waals surface area contributed by atoms with Crippen LogP contribution in [-0.2, 0) is 27.8 Å². The molecule has 2 aromatic carbocycles. The van der Waals surface area contributed by atoms with Crippen LogP contribution in [0.5, 0.6) is 0 Å². The molecule has 4 nitrogen and oxygen atoms in total. The number of benzene rings is 2. The van der Waals surface area contributed by atoms with E-state index in [0.717, 1.165) is 23.1 Å². The number of carbonyl (C=O) groups is 1. The van der Waals surface area contributed by atoms with Crippen molar-refractivity contribution in [1.29, 1.82) is 0 Å². The van der Waals surface area contributed by atoms with E-state index in [1.54, 1.807) is 6.07 Å². The highest BCUT2D eigenvalue weighted by Crippen LogP contribution is 2.50. The van der Waals surface area contributed by atoms with Gasteiger partial charge in [0.1, 0.15) is 12.4 Å². The molecule has 0 bridgehead atoms. The van der Waals surface area contributed by atoms with Gasteiger partial charge in [-0.25, -0.2) is 4.39 Å². The molecule has 0 heterocycles. The quantitative estimate of drug-likeness (QED) is 0.275. The van der Waals surface area contributed by atoms with Crippen LogP contribution in [0.25, 0.3) is 0 Å². The lowest BCUT2D eigenvalue weighted by Crippen LogP contribution is -2.47. The van der Waals surface area contributed by atoms with E-state index in [4.69, 9.17) is 4.74 Å². The fourth-order valence-corrected chi connectivity index (χ4v) is 5.73. The van der Waals surface area contributed by atoms with Crippen molar-refractivity contribution < 1.29 is 32.2 Å². The number of alkyl halides is 3. The molecule has 3 unspecified atom stereocenters. The summed E-state index contributed by atoms with van der Waals surface area (Å²) in [4.78, 5) is 11.9. The van der Waals surface area contributed by atoms with E-state index in [-0.39, 0.29) is 30.6 Å². The monoisotopic (exact) mass is 509 g/mol. The molecule has 0 aromatic heterocycles. The normalized spacial score (nSPS) is 20.8. The fraction of sp³-hybridized carbons (Fsp3) is 0.536. The molecule has 3 atom stereocenters. The van der Waals surface area contributed by atoms with Gasteiger partial charge in [0.2, 0.25) is 0 Å². The van der Waals surface area contributed by atoms with E-state index >= 15 is 0 Å². The molecular weight excluding hydrogens is 474 g/mol. The van der Waals surface area contributed by atoms with Crippen LogP contribution in [0.2, 0.25) is 0 Å². The van der Waals surface area contributed by atoms with E-state index < -0.39 is 30.3 Å². The Balaban J connectivity index is 1.70. The minimum atomic E-state index is -4.41. The summed E-state index contributed by atoms with van der Waals surface area (Å²) >= 11 is 0. The van der Waals surface area contributed by atoms with Gasteiger partial charge in [0, 0.05) is 12.0 Å². The molecule has 8 heteroatoms. The van der Waals surface area contributed by atoms with Crippen LogP contribution in [-0.4, -0.2) is 43.1 Å². The Morgan fingerprint density at radius 3 is 2.56 bits per heavy atom. The van der Waals surface area contributed by atoms with Gasteiger partial charge in [-0.1, -0.05) is 50.2 Å². The summed E-state index contributed by atoms with van der Waals surface area (Å²) in [6, 6.07) is 13.9. The maximum absolute atomic E-state index is 13.9. The first-order valence-corrected chi connectivity index (χ1v) is 12.4. The summed E-state index contributed by atoms with van der Waals surface area (Å²) in [5, 5.41) is 13.0. The van der Waals surface area contributed by atoms with Gasteiger partial charge in [0.25, 0.3) is 0 Å². The number of aryl methyl sites for hydroxylation is 1. The molecule has 3 rings (SSSR count). The fourth-order valence-electron chi connectivity index (χ4n) is 5.73. The van der Waals surface area contributed by atoms with Crippen LogP contribution in [0, 0.1) is 17.7 Å². The Morgan fingerprint density at radius 2 is 1.92 bits per heavy atom. The summed E-state index contributed by atoms with van der Waals surface area (Å²) in [7, 11) is 0. The van der Waals surface area contributed by atoms with E-state index in [9.17, 15) is 27.5 Å². The van der Waals surface area contributed by atoms with E-state index in [1.807, 2.05) is 44.2 Å². The standard InChI is InChI=1S/C28H35F4NO3/c1-19(2)27(16-26(34)35)22(9-8-21-15-23(29)10-11-25(21)27)12-13-33-17-24(36-18-28(30,31)32)14-20-6-4-3-5-7-20/h3-7,10-11,15,19,22,24,33H,8-9,12-14,16-18H2,1-2H3,(H,34,35). The van der Waals surface area contributed by atoms with Crippen molar-refractivity contribution in [2.24, 2.45) is 11.8 Å². The third kappa shape index (κ3) is 7.29. The van der Waals surface area contributed by atoms with Crippen LogP contribution in [0.4, 0.5) is 17.6 Å². The molecule has 0 fully saturated rings. The highest BCUT2D eigenvalue weighted by molar-refractivity contribution is 5.70. The largest absolute Gasteiger partial charge is 0.481 e. The first-order chi connectivity index (χ1) is 17.0. The van der Waals surface area contributed by atoms with Crippen molar-refractivity contribution in [3.63, 3.8) is 0 Å². The van der Waals surface area contributed by atoms with Gasteiger partial charge in [-0.3, -0.25) is 4.79 Å². The topological polar surface area (TPSA) is 58.6 Å². The van der Waals surface area contributed by atoms with Crippen LogP contribution < -0.4 is 5.32 Å². The van der Waals surface area contributed by atoms with Gasteiger partial charge in [0.15, 0.2) is 0 Å². The van der Waals surface area contributed by atoms with Gasteiger partial charge >= 0.3 is 12.1 Å². The van der Waals surface area contributed by atoms with Gasteiger partial charge in [0.05, 0.1) is 12.5 Å². The Labute approximate surface area is 210 Å². The summed E-state index contributed by atoms with van der Waals surface area (Å²) in [5.41, 5.74) is 2.00. The Bertz CT molecular complexity index is 996. The minimum Gasteiger partial charge on any atom is -0.481 e. The van der Waals surface area contributed by atoms with Crippen LogP contribution in [0.15, 0.2) is 48.5 Å². The van der Waals surface area contributed by atoms with Gasteiger partial charge in [-0.2, -0.15) is 13.2 Å². The van der Waals surface area contributed by atoms with Gasteiger partial charge in [-0.05, 0) is 72.9 Å². The molecule has 36 heavy (non-hydrogen) atoms. The number of ether oxygens (including phenoxy) is 1. The molecule has 0 radical (unpaired) electrons. The third-order valence-corrected chi connectivity index (χ3v) is 7.36. The van der Waals surface area contributed by atoms with Crippen molar-refractivity contribution in [1.82, 2.24) is 5.32 Å². The summed E-state index contributed by atoms with van der Waals surface area (Å²) in [5.74, 6) is -1.20. The van der Waals surface area contributed by atoms with Crippen molar-refractivity contribution >= 4 is 5.97 Å². The molecule has 0 saturated carbocycles. The molecular formula is C28H35F4NO3. The average molecular weight is 510 g/mol. The zero-order valence-electron chi connectivity index (χ0n) is 20.8. The number of carboxylic acid groups (broad SMARTS) is 1. The number of aliphatic carboxylic acids is 1. The van der Waals surface area contributed by atoms with Crippen LogP contribution in [0.1, 0.15) is 49.8 Å². The summed E-state index contributed by atoms with van der Waals surface area (Å²) in [6.07, 6.45) is -2.73. The summed E-state index contributed by atoms with van der Waals surface area (Å²) in [6.45, 7) is 3.45. The van der Waals surface area contributed by atoms with Crippen LogP contribution >= 0.6 is 0 Å². The first kappa shape index (κ1) is 28.1. The highest BCUT2D eigenvalue weighted by atomic mass is 19.4. The maximum Gasteiger partial charge on any atom is 0.411 e. The predicted molar refractivity (Wildman–Crippen MR) is 130 cm³/mol. The number of rotatable bonds is 12. The second kappa shape index (κ2) is 12.2. The van der Waals surface area contributed by atoms with Crippen molar-refractivity contribution in [2.75, 3.05) is 19.7 Å². The lowest BCUT2D eigenvalue weighted by Gasteiger charge is -2.48. The van der Waals surface area contributed by atoms with E-state index in [2.05, 4.69) is 5.32 Å². The molecule has 0 amide bonds. The number of halogens is 4. The SMILES string of the molecule is CC(C)C1(CC(=O)O)c2ccc(F)cc2CCC1CCNCC(Cc1ccccc1)OCC(F)(F)F. The van der Waals surface area contributed by atoms with E-state index in [0.29, 0.717) is 25.8 Å². The third-order valence-electron chi connectivity index (χ3n) is 7.36. The Hall–Kier alpha value is -2.45. The zero-order valence-corrected chi connectivity index (χ0v) is 20.8. The lowest BCUT2D eigenvalue weighted by atomic mass is 9.55. The van der Waals surface area contributed by atoms with Crippen molar-refractivity contribution in [3.05, 3.63) is 71.0 Å². The first-order valence-electron chi connectivity index (χ1n) is 12.4. The average Bonchev–Trinajstić information content (AvgIpc) is 2.80. The molecule has 2 aromatic rings. The number of hydrogen-bond donors (Lipinski definition) is 2. The summed E-state index contributed by atoms with van der Waals surface area (Å²) < 4.78 is 57.4. The second-order valence-electron chi connectivity index (χ2n) is 10.0. The number of nitrogens with one attached hydrogen (secondary N) is 1. The van der Waals surface area contributed by atoms with Crippen LogP contribution in [0.3, 0.4) is 0 Å².